The zero-order valence-corrected chi connectivity index (χ0v) is 83.0. The molecule has 0 saturated carbocycles. The molecule has 656 valence electrons. The molecule has 11 aromatic carbocycles. The molecule has 0 saturated heterocycles. The minimum absolute atomic E-state index is 0. The van der Waals surface area contributed by atoms with Crippen molar-refractivity contribution in [2.75, 3.05) is 32.3 Å². The Balaban J connectivity index is 0.000000148. The summed E-state index contributed by atoms with van der Waals surface area (Å²) in [5, 5.41) is 7.28. The third-order valence-corrected chi connectivity index (χ3v) is 24.9. The molecule has 0 fully saturated rings. The van der Waals surface area contributed by atoms with Crippen LogP contribution in [-0.2, 0) is 136 Å². The Morgan fingerprint density at radius 3 is 1.30 bits per heavy atom. The normalized spacial score (nSPS) is 11.0. The van der Waals surface area contributed by atoms with Gasteiger partial charge >= 0.3 is 84.3 Å². The minimum Gasteiger partial charge on any atom is -0.513 e. The van der Waals surface area contributed by atoms with E-state index in [9.17, 15) is 0 Å². The van der Waals surface area contributed by atoms with Crippen LogP contribution in [0.15, 0.2) is 389 Å². The summed E-state index contributed by atoms with van der Waals surface area (Å²) in [5.41, 5.74) is 30.1. The Morgan fingerprint density at radius 2 is 0.742 bits per heavy atom. The fraction of sp³-hybridized carbons (Fsp3) is 0.103. The van der Waals surface area contributed by atoms with E-state index in [-0.39, 0.29) is 84.3 Å². The summed E-state index contributed by atoms with van der Waals surface area (Å²) in [6.45, 7) is 0. The van der Waals surface area contributed by atoms with E-state index in [1.807, 2.05) is 139 Å². The van der Waals surface area contributed by atoms with Crippen LogP contribution in [0.5, 0.6) is 5.75 Å². The van der Waals surface area contributed by atoms with Crippen LogP contribution in [0.25, 0.3) is 106 Å². The molecule has 0 amide bonds. The second-order valence-corrected chi connectivity index (χ2v) is 33.9. The maximum Gasteiger partial charge on any atom is 2.00 e. The van der Waals surface area contributed by atoms with Gasteiger partial charge in [-0.3, -0.25) is 39.6 Å². The van der Waals surface area contributed by atoms with E-state index in [1.54, 1.807) is 25.7 Å². The number of aryl methyl sites for hydroxylation is 7. The molecule has 11 nitrogen and oxygen atoms in total. The maximum atomic E-state index is 5.59. The van der Waals surface area contributed by atoms with Crippen LogP contribution in [0.2, 0.25) is 0 Å². The van der Waals surface area contributed by atoms with E-state index in [0.29, 0.717) is 0 Å². The second kappa shape index (κ2) is 49.1. The number of ether oxygens (including phenoxy) is 1. The van der Waals surface area contributed by atoms with Crippen LogP contribution in [0.3, 0.4) is 0 Å². The third kappa shape index (κ3) is 26.7. The van der Waals surface area contributed by atoms with E-state index >= 15 is 0 Å². The molecule has 20 rings (SSSR count). The number of benzene rings is 11. The predicted octanol–water partition coefficient (Wildman–Crippen LogP) is 23.8. The number of methoxy groups -OCH3 is 1. The summed E-state index contributed by atoms with van der Waals surface area (Å²) in [5.74, 6) is 0.789. The number of pyridine rings is 7. The Bertz CT molecular complexity index is 6640. The van der Waals surface area contributed by atoms with Gasteiger partial charge in [-0.2, -0.15) is 130 Å². The molecule has 16 heteroatoms. The third-order valence-electron chi connectivity index (χ3n) is 22.1. The van der Waals surface area contributed by atoms with Gasteiger partial charge in [0, 0.05) is 114 Å². The molecule has 1 aliphatic rings. The zero-order chi connectivity index (χ0) is 86.8. The summed E-state index contributed by atoms with van der Waals surface area (Å²) >= 11 is 0. The summed E-state index contributed by atoms with van der Waals surface area (Å²) in [6.07, 6.45) is 21.0. The summed E-state index contributed by atoms with van der Waals surface area (Å²) in [6, 6.07) is 147. The van der Waals surface area contributed by atoms with E-state index in [0.717, 1.165) is 204 Å². The molecule has 8 aromatic heterocycles. The van der Waals surface area contributed by atoms with Gasteiger partial charge in [-0.05, 0) is 159 Å². The van der Waals surface area contributed by atoms with Crippen molar-refractivity contribution in [3.05, 3.63) is 488 Å². The van der Waals surface area contributed by atoms with E-state index in [4.69, 9.17) is 14.7 Å². The number of hydrogen-bond acceptors (Lipinski definition) is 10. The fourth-order valence-electron chi connectivity index (χ4n) is 15.5. The van der Waals surface area contributed by atoms with Gasteiger partial charge in [0.25, 0.3) is 0 Å². The van der Waals surface area contributed by atoms with E-state index < -0.39 is 7.92 Å². The average Bonchev–Trinajstić information content (AvgIpc) is 1.23. The van der Waals surface area contributed by atoms with Crippen LogP contribution >= 0.6 is 7.92 Å². The maximum absolute atomic E-state index is 5.59. The van der Waals surface area contributed by atoms with Gasteiger partial charge in [-0.1, -0.05) is 145 Å². The molecule has 0 radical (unpaired) electrons. The number of aromatic nitrogens is 9. The fourth-order valence-corrected chi connectivity index (χ4v) is 18.1. The standard InChI is InChI=1S/C32H26NOP.C30H22N2.C28H25N3.C26H18N4.4Pt/c1-34-29-23-27(22-28(24-29)32-17-8-9-19-33-32)26-12-10-11-25(21-26)18-20-35(30-13-4-2-5-14-30)31-15-6-3-7-16-31;1-2-10-24(11-3-1)26-20-27(22-28(21-26)30-14-5-7-18-32-30)25-12-8-9-23(19-25)15-16-29-13-4-6-17-31-29;1-31(2)27-18-22-17-23(19-27)28-11-5-10-26(30-28)15-14-25-9-4-8-24(29-25)13-12-20-6-3-7-21(22)16-20;1-3-11-27-24(9-1)16-20-7-5-8-21(15-20)22-17-23(26-10-2-4-12-28-26)19-25(18-22)30-14-6-13-29-30;;;;/h2-17,19,23-24H,18,20H2,1H3;1-14,17-18,20-21H,15-16H2;3-11,18-19H,12-15H2,1-2H3;1-14,18-19H,16H2;;;;/q4*-2;4*+2/p+1. The molecular formula is C116H92N10OPPt4+. The monoisotopic (exact) mass is 2450 g/mol. The molecule has 9 heterocycles. The molecule has 19 aromatic rings. The number of nitrogens with zero attached hydrogens (tertiary/aromatic N) is 10. The van der Waals surface area contributed by atoms with Crippen LogP contribution in [-0.4, -0.2) is 72.0 Å². The largest absolute Gasteiger partial charge is 2.00 e. The molecule has 0 unspecified atom stereocenters. The van der Waals surface area contributed by atoms with Gasteiger partial charge < -0.3 is 9.64 Å². The van der Waals surface area contributed by atoms with Gasteiger partial charge in [-0.25, -0.2) is 22.3 Å². The predicted molar refractivity (Wildman–Crippen MR) is 521 cm³/mol. The molecular weight excluding hydrogens is 2360 g/mol. The van der Waals surface area contributed by atoms with Crippen molar-refractivity contribution in [3.8, 4) is 112 Å². The molecule has 0 atom stereocenters. The number of rotatable bonds is 20. The van der Waals surface area contributed by atoms with E-state index in [1.165, 1.54) is 32.9 Å². The van der Waals surface area contributed by atoms with Crippen molar-refractivity contribution in [1.82, 2.24) is 44.7 Å². The van der Waals surface area contributed by atoms with Gasteiger partial charge in [0.2, 0.25) is 0 Å². The Morgan fingerprint density at radius 1 is 0.318 bits per heavy atom. The smallest absolute Gasteiger partial charge is 0.513 e. The Labute approximate surface area is 834 Å². The van der Waals surface area contributed by atoms with Crippen molar-refractivity contribution >= 4 is 24.2 Å². The zero-order valence-electron chi connectivity index (χ0n) is 73.0. The summed E-state index contributed by atoms with van der Waals surface area (Å²) in [4.78, 5) is 34.4. The summed E-state index contributed by atoms with van der Waals surface area (Å²) < 4.78 is 7.44. The number of hydrogen-bond donors (Lipinski definition) is 0. The molecule has 132 heavy (non-hydrogen) atoms. The minimum atomic E-state index is -0.883. The van der Waals surface area contributed by atoms with Crippen LogP contribution in [0.1, 0.15) is 50.7 Å². The van der Waals surface area contributed by atoms with Crippen molar-refractivity contribution < 1.29 is 89.0 Å². The first-order valence-electron chi connectivity index (χ1n) is 43.2. The van der Waals surface area contributed by atoms with Crippen molar-refractivity contribution in [2.45, 2.75) is 51.4 Å². The van der Waals surface area contributed by atoms with Crippen molar-refractivity contribution in [2.24, 2.45) is 0 Å². The van der Waals surface area contributed by atoms with E-state index in [2.05, 4.69) is 334 Å². The van der Waals surface area contributed by atoms with Crippen molar-refractivity contribution in [3.63, 3.8) is 0 Å². The summed E-state index contributed by atoms with van der Waals surface area (Å²) in [7, 11) is 4.95. The van der Waals surface area contributed by atoms with Crippen LogP contribution in [0, 0.1) is 48.5 Å². The molecule has 1 aliphatic heterocycles. The first kappa shape index (κ1) is 97.0. The molecule has 0 spiro atoms. The van der Waals surface area contributed by atoms with Crippen LogP contribution < -0.4 is 20.2 Å². The average molecular weight is 2450 g/mol. The quantitative estimate of drug-likeness (QED) is 0.0539. The first-order valence-corrected chi connectivity index (χ1v) is 44.9. The van der Waals surface area contributed by atoms with Gasteiger partial charge in [0.15, 0.2) is 0 Å². The number of fused-ring (bicyclic) bond motifs is 10. The van der Waals surface area contributed by atoms with Crippen molar-refractivity contribution in [1.29, 1.82) is 0 Å². The first-order chi connectivity index (χ1) is 63.1. The van der Waals surface area contributed by atoms with Crippen LogP contribution in [0.4, 0.5) is 5.69 Å². The van der Waals surface area contributed by atoms with Gasteiger partial charge in [-0.15, -0.1) is 105 Å². The molecule has 0 aliphatic carbocycles. The Hall–Kier alpha value is -12.5. The van der Waals surface area contributed by atoms with Gasteiger partial charge in [0.1, 0.15) is 0 Å². The molecule has 8 bridgehead atoms. The molecule has 0 N–H and O–H groups in total. The van der Waals surface area contributed by atoms with Gasteiger partial charge in [0.05, 0.1) is 31.8 Å². The second-order valence-electron chi connectivity index (χ2n) is 31.3. The Kier molecular flexibility index (Phi) is 36.1. The number of anilines is 1. The SMILES string of the molecule is CN(C)c1cc2[c-]c(c1)-c1cccc(n1)CCc1cccc(n1)CCc1[c-]c-2ccc1.COc1cc(-c2[c-]c(CC[PH+](c3ccccc3)c3ccccc3)ccc2)[c-]c(-c2ccccn2)c1.[Pt+2].[Pt+2].[Pt+2].[Pt+2].[c-]1c(CCc2ccccn2)cccc1-c1[c-]c(-c2ccccn2)cc(-c2ccccc2)c1.[c-]1c(Cc2ccccn2)cccc1-c1[c-]c(-c2ccccn2)cc(-n2cccn2)c1. The topological polar surface area (TPSA) is 121 Å².